The summed E-state index contributed by atoms with van der Waals surface area (Å²) in [5, 5.41) is 0. The van der Waals surface area contributed by atoms with Gasteiger partial charge in [-0.15, -0.1) is 0 Å². The fourth-order valence-corrected chi connectivity index (χ4v) is 4.49. The Morgan fingerprint density at radius 1 is 1.09 bits per heavy atom. The van der Waals surface area contributed by atoms with Crippen molar-refractivity contribution in [3.05, 3.63) is 59.3 Å². The maximum absolute atomic E-state index is 11.6. The van der Waals surface area contributed by atoms with E-state index < -0.39 is 10.1 Å². The quantitative estimate of drug-likeness (QED) is 0.285. The van der Waals surface area contributed by atoms with E-state index in [9.17, 15) is 8.42 Å². The molecule has 0 unspecified atom stereocenters. The Labute approximate surface area is 190 Å². The normalized spacial score (nSPS) is 19.7. The number of ether oxygens (including phenoxy) is 3. The van der Waals surface area contributed by atoms with E-state index in [0.29, 0.717) is 12.5 Å². The van der Waals surface area contributed by atoms with Gasteiger partial charge in [-0.1, -0.05) is 30.3 Å². The topological polar surface area (TPSA) is 87.2 Å². The molecule has 32 heavy (non-hydrogen) atoms. The number of rotatable bonds is 11. The maximum atomic E-state index is 11.6. The first-order valence-corrected chi connectivity index (χ1v) is 12.4. The molecule has 9 heteroatoms. The lowest BCUT2D eigenvalue weighted by atomic mass is 9.86. The summed E-state index contributed by atoms with van der Waals surface area (Å²) < 4.78 is 44.2. The first-order valence-electron chi connectivity index (χ1n) is 10.6. The molecule has 3 rings (SSSR count). The van der Waals surface area contributed by atoms with Crippen LogP contribution in [0.15, 0.2) is 42.5 Å². The van der Waals surface area contributed by atoms with E-state index in [0.717, 1.165) is 43.6 Å². The molecule has 0 saturated carbocycles. The zero-order valence-electron chi connectivity index (χ0n) is 18.9. The summed E-state index contributed by atoms with van der Waals surface area (Å²) in [5.41, 5.74) is 3.07. The monoisotopic (exact) mass is 464 g/mol. The van der Waals surface area contributed by atoms with E-state index >= 15 is 0 Å². The standard InChI is InChI=1S/C23H32N2O6S/c1-28-17-30-15-19-10-22(24-23(11-19)29-2)21-9-20(16-31-32(3,26)27)13-25(14-21)12-18-7-5-4-6-8-18/h4-8,10-11,20-21H,9,12-17H2,1-3H3/t20-,21+/m1/s1. The van der Waals surface area contributed by atoms with Crippen LogP contribution in [-0.4, -0.2) is 65.3 Å². The van der Waals surface area contributed by atoms with Gasteiger partial charge in [0.05, 0.1) is 26.6 Å². The Hall–Kier alpha value is -2.04. The van der Waals surface area contributed by atoms with E-state index in [2.05, 4.69) is 17.0 Å². The fourth-order valence-electron chi connectivity index (χ4n) is 4.05. The minimum atomic E-state index is -3.49. The highest BCUT2D eigenvalue weighted by atomic mass is 32.2. The molecule has 1 aromatic carbocycles. The summed E-state index contributed by atoms with van der Waals surface area (Å²) in [7, 11) is -0.316. The summed E-state index contributed by atoms with van der Waals surface area (Å²) in [6.45, 7) is 3.10. The average molecular weight is 465 g/mol. The van der Waals surface area contributed by atoms with Gasteiger partial charge in [-0.05, 0) is 29.5 Å². The molecule has 0 bridgehead atoms. The highest BCUT2D eigenvalue weighted by Crippen LogP contribution is 2.32. The third-order valence-electron chi connectivity index (χ3n) is 5.36. The second-order valence-electron chi connectivity index (χ2n) is 8.16. The predicted octanol–water partition coefficient (Wildman–Crippen LogP) is 2.79. The highest BCUT2D eigenvalue weighted by Gasteiger charge is 2.30. The van der Waals surface area contributed by atoms with E-state index in [1.807, 2.05) is 30.3 Å². The van der Waals surface area contributed by atoms with Gasteiger partial charge in [-0.25, -0.2) is 4.98 Å². The highest BCUT2D eigenvalue weighted by molar-refractivity contribution is 7.85. The summed E-state index contributed by atoms with van der Waals surface area (Å²) in [6, 6.07) is 14.1. The van der Waals surface area contributed by atoms with E-state index in [1.54, 1.807) is 14.2 Å². The van der Waals surface area contributed by atoms with Crippen LogP contribution in [0, 0.1) is 5.92 Å². The van der Waals surface area contributed by atoms with Gasteiger partial charge in [0.15, 0.2) is 0 Å². The second-order valence-corrected chi connectivity index (χ2v) is 9.81. The van der Waals surface area contributed by atoms with Crippen LogP contribution < -0.4 is 4.74 Å². The summed E-state index contributed by atoms with van der Waals surface area (Å²) in [5.74, 6) is 0.702. The maximum Gasteiger partial charge on any atom is 0.264 e. The number of pyridine rings is 1. The van der Waals surface area contributed by atoms with Gasteiger partial charge in [0.25, 0.3) is 10.1 Å². The van der Waals surface area contributed by atoms with Crippen molar-refractivity contribution in [1.29, 1.82) is 0 Å². The fraction of sp³-hybridized carbons (Fsp3) is 0.522. The molecule has 0 amide bonds. The molecule has 1 aliphatic heterocycles. The lowest BCUT2D eigenvalue weighted by Gasteiger charge is -2.37. The molecular weight excluding hydrogens is 432 g/mol. The summed E-state index contributed by atoms with van der Waals surface area (Å²) >= 11 is 0. The van der Waals surface area contributed by atoms with Gasteiger partial charge in [-0.3, -0.25) is 9.08 Å². The molecule has 8 nitrogen and oxygen atoms in total. The van der Waals surface area contributed by atoms with Crippen LogP contribution in [0.5, 0.6) is 5.88 Å². The Kier molecular flexibility index (Phi) is 9.01. The smallest absolute Gasteiger partial charge is 0.264 e. The molecule has 0 N–H and O–H groups in total. The van der Waals surface area contributed by atoms with Crippen molar-refractivity contribution < 1.29 is 26.8 Å². The Balaban J connectivity index is 1.81. The zero-order valence-corrected chi connectivity index (χ0v) is 19.7. The third kappa shape index (κ3) is 7.83. The molecule has 1 saturated heterocycles. The third-order valence-corrected chi connectivity index (χ3v) is 5.92. The van der Waals surface area contributed by atoms with Crippen molar-refractivity contribution >= 4 is 10.1 Å². The molecule has 1 aliphatic rings. The van der Waals surface area contributed by atoms with Crippen LogP contribution >= 0.6 is 0 Å². The number of likely N-dealkylation sites (tertiary alicyclic amines) is 1. The first-order chi connectivity index (χ1) is 15.4. The Morgan fingerprint density at radius 2 is 1.88 bits per heavy atom. The lowest BCUT2D eigenvalue weighted by Crippen LogP contribution is -2.41. The first kappa shape index (κ1) is 24.6. The van der Waals surface area contributed by atoms with Crippen molar-refractivity contribution in [2.45, 2.75) is 25.5 Å². The minimum absolute atomic E-state index is 0.0633. The predicted molar refractivity (Wildman–Crippen MR) is 121 cm³/mol. The molecule has 2 heterocycles. The molecule has 0 aliphatic carbocycles. The van der Waals surface area contributed by atoms with Crippen LogP contribution in [0.4, 0.5) is 0 Å². The molecule has 2 aromatic rings. The second kappa shape index (κ2) is 11.7. The molecule has 0 spiro atoms. The number of hydrogen-bond donors (Lipinski definition) is 0. The van der Waals surface area contributed by atoms with Gasteiger partial charge in [0, 0.05) is 44.4 Å². The van der Waals surface area contributed by atoms with Crippen molar-refractivity contribution in [2.24, 2.45) is 5.92 Å². The SMILES string of the molecule is COCOCc1cc(OC)nc([C@H]2C[C@@H](COS(C)(=O)=O)CN(Cc3ccccc3)C2)c1. The van der Waals surface area contributed by atoms with Crippen LogP contribution in [0.1, 0.15) is 29.2 Å². The molecule has 176 valence electrons. The summed E-state index contributed by atoms with van der Waals surface area (Å²) in [6.07, 6.45) is 1.87. The van der Waals surface area contributed by atoms with Gasteiger partial charge in [0.2, 0.25) is 5.88 Å². The van der Waals surface area contributed by atoms with Gasteiger partial charge >= 0.3 is 0 Å². The number of hydrogen-bond acceptors (Lipinski definition) is 8. The van der Waals surface area contributed by atoms with Crippen molar-refractivity contribution in [3.63, 3.8) is 0 Å². The number of piperidine rings is 1. The van der Waals surface area contributed by atoms with Crippen molar-refractivity contribution in [2.75, 3.05) is 47.0 Å². The van der Waals surface area contributed by atoms with E-state index in [-0.39, 0.29) is 25.2 Å². The van der Waals surface area contributed by atoms with Crippen LogP contribution in [0.2, 0.25) is 0 Å². The molecule has 1 fully saturated rings. The number of benzene rings is 1. The number of aromatic nitrogens is 1. The molecule has 0 radical (unpaired) electrons. The lowest BCUT2D eigenvalue weighted by molar-refractivity contribution is -0.0391. The largest absolute Gasteiger partial charge is 0.481 e. The van der Waals surface area contributed by atoms with E-state index in [4.69, 9.17) is 23.4 Å². The Bertz CT molecular complexity index is 954. The van der Waals surface area contributed by atoms with Crippen molar-refractivity contribution in [3.8, 4) is 5.88 Å². The van der Waals surface area contributed by atoms with Gasteiger partial charge < -0.3 is 14.2 Å². The average Bonchev–Trinajstić information content (AvgIpc) is 2.78. The van der Waals surface area contributed by atoms with Crippen LogP contribution in [0.25, 0.3) is 0 Å². The van der Waals surface area contributed by atoms with E-state index in [1.165, 1.54) is 5.56 Å². The van der Waals surface area contributed by atoms with Crippen LogP contribution in [-0.2, 0) is 36.9 Å². The van der Waals surface area contributed by atoms with Crippen molar-refractivity contribution in [1.82, 2.24) is 9.88 Å². The van der Waals surface area contributed by atoms with Gasteiger partial charge in [0.1, 0.15) is 6.79 Å². The minimum Gasteiger partial charge on any atom is -0.481 e. The van der Waals surface area contributed by atoms with Crippen LogP contribution in [0.3, 0.4) is 0 Å². The Morgan fingerprint density at radius 3 is 2.56 bits per heavy atom. The molecular formula is C23H32N2O6S. The number of methoxy groups -OCH3 is 2. The number of nitrogens with zero attached hydrogens (tertiary/aromatic N) is 2. The zero-order chi connectivity index (χ0) is 23.0. The van der Waals surface area contributed by atoms with Gasteiger partial charge in [-0.2, -0.15) is 8.42 Å². The molecule has 2 atom stereocenters. The molecule has 1 aromatic heterocycles. The summed E-state index contributed by atoms with van der Waals surface area (Å²) in [4.78, 5) is 7.03.